The molecule has 3 rings (SSSR count). The number of halogens is 1. The standard InChI is InChI=1S/C14H17BrN4/c15-13-4-2-1-3-12(13)10-7-11(8-10)16-6-5-14-17-9-18-19-14/h1-4,9-11,16H,5-8H2,(H,17,18,19). The van der Waals surface area contributed by atoms with Crippen LogP contribution in [0.2, 0.25) is 0 Å². The lowest BCUT2D eigenvalue weighted by Crippen LogP contribution is -2.41. The molecule has 1 fully saturated rings. The highest BCUT2D eigenvalue weighted by molar-refractivity contribution is 9.10. The summed E-state index contributed by atoms with van der Waals surface area (Å²) in [5.74, 6) is 1.65. The van der Waals surface area contributed by atoms with Gasteiger partial charge in [0.15, 0.2) is 0 Å². The van der Waals surface area contributed by atoms with Crippen LogP contribution in [-0.2, 0) is 6.42 Å². The zero-order valence-electron chi connectivity index (χ0n) is 10.6. The minimum Gasteiger partial charge on any atom is -0.313 e. The average Bonchev–Trinajstić information content (AvgIpc) is 2.87. The number of rotatable bonds is 5. The van der Waals surface area contributed by atoms with Crippen molar-refractivity contribution in [1.82, 2.24) is 20.5 Å². The molecule has 4 nitrogen and oxygen atoms in total. The molecule has 5 heteroatoms. The molecule has 0 bridgehead atoms. The zero-order valence-corrected chi connectivity index (χ0v) is 12.2. The molecule has 1 heterocycles. The number of hydrogen-bond acceptors (Lipinski definition) is 3. The van der Waals surface area contributed by atoms with E-state index in [1.807, 2.05) is 0 Å². The van der Waals surface area contributed by atoms with Gasteiger partial charge in [0, 0.05) is 23.5 Å². The number of hydrogen-bond donors (Lipinski definition) is 2. The summed E-state index contributed by atoms with van der Waals surface area (Å²) in [6.07, 6.45) is 4.91. The van der Waals surface area contributed by atoms with Gasteiger partial charge >= 0.3 is 0 Å². The molecule has 1 aliphatic carbocycles. The summed E-state index contributed by atoms with van der Waals surface area (Å²) in [5.41, 5.74) is 1.44. The van der Waals surface area contributed by atoms with Crippen LogP contribution in [0.1, 0.15) is 30.1 Å². The predicted molar refractivity (Wildman–Crippen MR) is 78.0 cm³/mol. The molecule has 19 heavy (non-hydrogen) atoms. The van der Waals surface area contributed by atoms with Gasteiger partial charge in [-0.25, -0.2) is 4.98 Å². The molecule has 2 aromatic rings. The van der Waals surface area contributed by atoms with E-state index in [1.165, 1.54) is 22.9 Å². The van der Waals surface area contributed by atoms with E-state index in [0.29, 0.717) is 12.0 Å². The van der Waals surface area contributed by atoms with E-state index in [2.05, 4.69) is 60.7 Å². The molecule has 0 aliphatic heterocycles. The maximum Gasteiger partial charge on any atom is 0.137 e. The number of benzene rings is 1. The van der Waals surface area contributed by atoms with Crippen LogP contribution >= 0.6 is 15.9 Å². The summed E-state index contributed by atoms with van der Waals surface area (Å²) in [4.78, 5) is 4.12. The summed E-state index contributed by atoms with van der Waals surface area (Å²) in [6.45, 7) is 0.961. The summed E-state index contributed by atoms with van der Waals surface area (Å²) < 4.78 is 1.24. The average molecular weight is 321 g/mol. The maximum atomic E-state index is 4.12. The second kappa shape index (κ2) is 5.84. The Labute approximate surface area is 121 Å². The van der Waals surface area contributed by atoms with E-state index in [-0.39, 0.29) is 0 Å². The number of aromatic nitrogens is 3. The quantitative estimate of drug-likeness (QED) is 0.890. The Hall–Kier alpha value is -1.20. The van der Waals surface area contributed by atoms with Crippen LogP contribution < -0.4 is 5.32 Å². The summed E-state index contributed by atoms with van der Waals surface area (Å²) in [6, 6.07) is 9.17. The Morgan fingerprint density at radius 1 is 1.32 bits per heavy atom. The van der Waals surface area contributed by atoms with Crippen LogP contribution in [0.15, 0.2) is 35.1 Å². The van der Waals surface area contributed by atoms with Crippen molar-refractivity contribution < 1.29 is 0 Å². The highest BCUT2D eigenvalue weighted by Crippen LogP contribution is 2.39. The largest absolute Gasteiger partial charge is 0.313 e. The lowest BCUT2D eigenvalue weighted by molar-refractivity contribution is 0.291. The molecule has 0 spiro atoms. The van der Waals surface area contributed by atoms with Gasteiger partial charge < -0.3 is 5.32 Å². The lowest BCUT2D eigenvalue weighted by Gasteiger charge is -2.37. The topological polar surface area (TPSA) is 53.6 Å². The third-order valence-electron chi connectivity index (χ3n) is 3.74. The van der Waals surface area contributed by atoms with Gasteiger partial charge in [-0.2, -0.15) is 5.10 Å². The lowest BCUT2D eigenvalue weighted by atomic mass is 9.76. The molecule has 0 atom stereocenters. The van der Waals surface area contributed by atoms with Gasteiger partial charge in [-0.15, -0.1) is 0 Å². The Balaban J connectivity index is 1.42. The molecule has 1 aliphatic rings. The fraction of sp³-hybridized carbons (Fsp3) is 0.429. The SMILES string of the molecule is Brc1ccccc1C1CC(NCCc2ncn[nH]2)C1. The molecule has 0 unspecified atom stereocenters. The molecule has 0 radical (unpaired) electrons. The molecule has 1 aromatic heterocycles. The van der Waals surface area contributed by atoms with E-state index < -0.39 is 0 Å². The number of H-pyrrole nitrogens is 1. The molecule has 2 N–H and O–H groups in total. The van der Waals surface area contributed by atoms with Gasteiger partial charge in [0.2, 0.25) is 0 Å². The molecular weight excluding hydrogens is 304 g/mol. The van der Waals surface area contributed by atoms with Gasteiger partial charge in [-0.3, -0.25) is 5.10 Å². The van der Waals surface area contributed by atoms with Crippen molar-refractivity contribution in [3.8, 4) is 0 Å². The fourth-order valence-corrected chi connectivity index (χ4v) is 3.20. The summed E-state index contributed by atoms with van der Waals surface area (Å²) in [7, 11) is 0. The number of nitrogens with zero attached hydrogens (tertiary/aromatic N) is 2. The van der Waals surface area contributed by atoms with Gasteiger partial charge in [0.05, 0.1) is 0 Å². The van der Waals surface area contributed by atoms with E-state index in [9.17, 15) is 0 Å². The first kappa shape index (κ1) is 12.8. The third-order valence-corrected chi connectivity index (χ3v) is 4.47. The van der Waals surface area contributed by atoms with Crippen molar-refractivity contribution in [2.75, 3.05) is 6.54 Å². The monoisotopic (exact) mass is 320 g/mol. The Bertz CT molecular complexity index is 520. The van der Waals surface area contributed by atoms with Crippen molar-refractivity contribution >= 4 is 15.9 Å². The number of nitrogens with one attached hydrogen (secondary N) is 2. The van der Waals surface area contributed by atoms with E-state index in [4.69, 9.17) is 0 Å². The van der Waals surface area contributed by atoms with Crippen LogP contribution in [0, 0.1) is 0 Å². The van der Waals surface area contributed by atoms with Crippen LogP contribution in [0.3, 0.4) is 0 Å². The van der Waals surface area contributed by atoms with Crippen molar-refractivity contribution in [1.29, 1.82) is 0 Å². The Morgan fingerprint density at radius 3 is 2.89 bits per heavy atom. The molecule has 100 valence electrons. The first-order valence-corrected chi connectivity index (χ1v) is 7.44. The maximum absolute atomic E-state index is 4.12. The van der Waals surface area contributed by atoms with Crippen LogP contribution in [-0.4, -0.2) is 27.8 Å². The first-order valence-electron chi connectivity index (χ1n) is 6.65. The van der Waals surface area contributed by atoms with Crippen molar-refractivity contribution in [2.45, 2.75) is 31.2 Å². The van der Waals surface area contributed by atoms with E-state index in [1.54, 1.807) is 6.33 Å². The first-order chi connectivity index (χ1) is 9.33. The third kappa shape index (κ3) is 3.04. The molecular formula is C14H17BrN4. The van der Waals surface area contributed by atoms with Gasteiger partial charge in [-0.05, 0) is 30.4 Å². The molecule has 0 amide bonds. The second-order valence-electron chi connectivity index (χ2n) is 5.02. The fourth-order valence-electron chi connectivity index (χ4n) is 2.59. The highest BCUT2D eigenvalue weighted by Gasteiger charge is 2.30. The highest BCUT2D eigenvalue weighted by atomic mass is 79.9. The predicted octanol–water partition coefficient (Wildman–Crippen LogP) is 2.65. The molecule has 1 aromatic carbocycles. The zero-order chi connectivity index (χ0) is 13.1. The second-order valence-corrected chi connectivity index (χ2v) is 5.88. The minimum absolute atomic E-state index is 0.639. The molecule has 0 saturated heterocycles. The Kier molecular flexibility index (Phi) is 3.94. The number of aromatic amines is 1. The minimum atomic E-state index is 0.639. The van der Waals surface area contributed by atoms with Crippen molar-refractivity contribution in [2.24, 2.45) is 0 Å². The van der Waals surface area contributed by atoms with Crippen LogP contribution in [0.25, 0.3) is 0 Å². The van der Waals surface area contributed by atoms with Gasteiger partial charge in [-0.1, -0.05) is 34.1 Å². The van der Waals surface area contributed by atoms with E-state index in [0.717, 1.165) is 18.8 Å². The summed E-state index contributed by atoms with van der Waals surface area (Å²) >= 11 is 3.63. The van der Waals surface area contributed by atoms with Gasteiger partial charge in [0.1, 0.15) is 12.2 Å². The molecule has 1 saturated carbocycles. The van der Waals surface area contributed by atoms with E-state index >= 15 is 0 Å². The van der Waals surface area contributed by atoms with Gasteiger partial charge in [0.25, 0.3) is 0 Å². The summed E-state index contributed by atoms with van der Waals surface area (Å²) in [5, 5.41) is 10.3. The normalized spacial score (nSPS) is 22.2. The van der Waals surface area contributed by atoms with Crippen LogP contribution in [0.4, 0.5) is 0 Å². The smallest absolute Gasteiger partial charge is 0.137 e. The van der Waals surface area contributed by atoms with Crippen LogP contribution in [0.5, 0.6) is 0 Å². The van der Waals surface area contributed by atoms with Crippen molar-refractivity contribution in [3.63, 3.8) is 0 Å². The van der Waals surface area contributed by atoms with Crippen molar-refractivity contribution in [3.05, 3.63) is 46.5 Å². The Morgan fingerprint density at radius 2 is 2.16 bits per heavy atom.